The first-order valence-electron chi connectivity index (χ1n) is 13.9. The zero-order valence-electron chi connectivity index (χ0n) is 23.6. The largest absolute Gasteiger partial charge is 0.504 e. The van der Waals surface area contributed by atoms with Gasteiger partial charge in [0.05, 0.1) is 13.2 Å². The number of hydrogen-bond donors (Lipinski definition) is 10. The standard InChI is InChI=1S/C29H36O16/c30-11-19-22(36)24(38)25(39)29(43-19)45-27-23(37)20(12-42-21(35)6-3-13-1-4-15(31)17(33)9-13)44-28(26(27)40)41-8-7-14-2-5-16(32)18(34)10-14/h1-6,9-10,19-20,22-34,36-40H,7-8,11-12H2/b6-3+/t19-,20+,22-,23-,24+,25-,26+,27-,28-,29-/m0/s1. The van der Waals surface area contributed by atoms with Crippen molar-refractivity contribution in [2.75, 3.05) is 19.8 Å². The molecular formula is C29H36O16. The van der Waals surface area contributed by atoms with Crippen molar-refractivity contribution in [2.24, 2.45) is 0 Å². The highest BCUT2D eigenvalue weighted by atomic mass is 16.7. The average molecular weight is 641 g/mol. The highest BCUT2D eigenvalue weighted by Gasteiger charge is 2.51. The van der Waals surface area contributed by atoms with Gasteiger partial charge in [-0.3, -0.25) is 0 Å². The summed E-state index contributed by atoms with van der Waals surface area (Å²) in [6, 6.07) is 7.97. The number of esters is 1. The van der Waals surface area contributed by atoms with Gasteiger partial charge in [-0.2, -0.15) is 0 Å². The first-order chi connectivity index (χ1) is 21.4. The lowest BCUT2D eigenvalue weighted by Gasteiger charge is -2.46. The second-order valence-electron chi connectivity index (χ2n) is 10.5. The Hall–Kier alpha value is -3.55. The van der Waals surface area contributed by atoms with Gasteiger partial charge < -0.3 is 74.7 Å². The van der Waals surface area contributed by atoms with E-state index in [9.17, 15) is 55.9 Å². The SMILES string of the molecule is O=C(/C=C/c1ccc(O)c(O)c1)OC[C@H]1O[C@H](OCCc2ccc(O)c(O)c2)[C@H](O)[C@@H](O[C@@H]2O[C@@H](CO)[C@H](O)[C@@H](O)[C@@H]2O)[C@H]1O. The van der Waals surface area contributed by atoms with Crippen molar-refractivity contribution in [2.45, 2.75) is 67.8 Å². The number of aliphatic hydroxyl groups is 6. The summed E-state index contributed by atoms with van der Waals surface area (Å²) in [5.41, 5.74) is 0.923. The number of ether oxygens (including phenoxy) is 5. The molecule has 0 saturated carbocycles. The van der Waals surface area contributed by atoms with Gasteiger partial charge in [-0.15, -0.1) is 0 Å². The predicted octanol–water partition coefficient (Wildman–Crippen LogP) is -2.04. The molecule has 2 heterocycles. The second-order valence-corrected chi connectivity index (χ2v) is 10.5. The number of carbonyl (C=O) groups is 1. The molecule has 0 aromatic heterocycles. The lowest BCUT2D eigenvalue weighted by Crippen LogP contribution is -2.65. The second kappa shape index (κ2) is 15.2. The number of aliphatic hydroxyl groups excluding tert-OH is 6. The molecule has 2 saturated heterocycles. The minimum atomic E-state index is -1.85. The van der Waals surface area contributed by atoms with Crippen LogP contribution in [0.3, 0.4) is 0 Å². The fourth-order valence-electron chi connectivity index (χ4n) is 4.71. The lowest BCUT2D eigenvalue weighted by atomic mass is 9.97. The van der Waals surface area contributed by atoms with Gasteiger partial charge in [0.1, 0.15) is 55.4 Å². The molecule has 10 atom stereocenters. The van der Waals surface area contributed by atoms with Gasteiger partial charge in [0.2, 0.25) is 0 Å². The van der Waals surface area contributed by atoms with E-state index >= 15 is 0 Å². The molecule has 248 valence electrons. The number of phenols is 4. The van der Waals surface area contributed by atoms with E-state index in [2.05, 4.69) is 0 Å². The Balaban J connectivity index is 1.45. The van der Waals surface area contributed by atoms with E-state index in [0.717, 1.165) is 6.08 Å². The van der Waals surface area contributed by atoms with Crippen molar-refractivity contribution in [1.82, 2.24) is 0 Å². The fraction of sp³-hybridized carbons (Fsp3) is 0.483. The Morgan fingerprint density at radius 3 is 2.09 bits per heavy atom. The molecule has 0 bridgehead atoms. The van der Waals surface area contributed by atoms with Crippen LogP contribution in [0.25, 0.3) is 6.08 Å². The molecule has 16 nitrogen and oxygen atoms in total. The van der Waals surface area contributed by atoms with E-state index in [0.29, 0.717) is 11.1 Å². The molecule has 2 aromatic carbocycles. The maximum atomic E-state index is 12.4. The molecule has 45 heavy (non-hydrogen) atoms. The zero-order chi connectivity index (χ0) is 32.8. The first kappa shape index (κ1) is 34.3. The Bertz CT molecular complexity index is 1320. The molecule has 0 amide bonds. The minimum Gasteiger partial charge on any atom is -0.504 e. The summed E-state index contributed by atoms with van der Waals surface area (Å²) in [5.74, 6) is -2.31. The number of rotatable bonds is 11. The van der Waals surface area contributed by atoms with Crippen LogP contribution >= 0.6 is 0 Å². The van der Waals surface area contributed by atoms with Crippen molar-refractivity contribution in [3.05, 3.63) is 53.6 Å². The highest BCUT2D eigenvalue weighted by Crippen LogP contribution is 2.31. The van der Waals surface area contributed by atoms with Crippen LogP contribution in [0, 0.1) is 0 Å². The summed E-state index contributed by atoms with van der Waals surface area (Å²) in [4.78, 5) is 12.4. The lowest BCUT2D eigenvalue weighted by molar-refractivity contribution is -0.360. The molecule has 10 N–H and O–H groups in total. The molecule has 0 spiro atoms. The number of aromatic hydroxyl groups is 4. The Labute approximate surface area is 256 Å². The van der Waals surface area contributed by atoms with Crippen molar-refractivity contribution < 1.29 is 79.5 Å². The summed E-state index contributed by atoms with van der Waals surface area (Å²) in [5, 5.41) is 100. The molecule has 0 unspecified atom stereocenters. The molecule has 4 rings (SSSR count). The number of hydrogen-bond acceptors (Lipinski definition) is 16. The number of benzene rings is 2. The third-order valence-corrected chi connectivity index (χ3v) is 7.30. The van der Waals surface area contributed by atoms with Gasteiger partial charge in [-0.05, 0) is 47.9 Å². The van der Waals surface area contributed by atoms with Crippen LogP contribution in [0.4, 0.5) is 0 Å². The van der Waals surface area contributed by atoms with E-state index in [1.54, 1.807) is 0 Å². The minimum absolute atomic E-state index is 0.108. The zero-order valence-corrected chi connectivity index (χ0v) is 23.6. The fourth-order valence-corrected chi connectivity index (χ4v) is 4.71. The third kappa shape index (κ3) is 8.39. The topological polar surface area (TPSA) is 266 Å². The van der Waals surface area contributed by atoms with Gasteiger partial charge in [0.25, 0.3) is 0 Å². The molecule has 2 aliphatic heterocycles. The number of phenolic OH excluding ortho intramolecular Hbond substituents is 4. The van der Waals surface area contributed by atoms with Gasteiger partial charge in [-0.1, -0.05) is 12.1 Å². The Morgan fingerprint density at radius 1 is 0.756 bits per heavy atom. The summed E-state index contributed by atoms with van der Waals surface area (Å²) < 4.78 is 27.5. The monoisotopic (exact) mass is 640 g/mol. The van der Waals surface area contributed by atoms with E-state index < -0.39 is 86.3 Å². The molecule has 2 aromatic rings. The Morgan fingerprint density at radius 2 is 1.42 bits per heavy atom. The predicted molar refractivity (Wildman–Crippen MR) is 149 cm³/mol. The van der Waals surface area contributed by atoms with Crippen LogP contribution in [-0.4, -0.2) is 138 Å². The quantitative estimate of drug-likeness (QED) is 0.0720. The van der Waals surface area contributed by atoms with Gasteiger partial charge in [0.15, 0.2) is 35.6 Å². The summed E-state index contributed by atoms with van der Waals surface area (Å²) in [7, 11) is 0. The number of carbonyl (C=O) groups excluding carboxylic acids is 1. The summed E-state index contributed by atoms with van der Waals surface area (Å²) >= 11 is 0. The van der Waals surface area contributed by atoms with Crippen LogP contribution in [0.15, 0.2) is 42.5 Å². The van der Waals surface area contributed by atoms with Crippen molar-refractivity contribution >= 4 is 12.0 Å². The van der Waals surface area contributed by atoms with Crippen LogP contribution in [0.5, 0.6) is 23.0 Å². The van der Waals surface area contributed by atoms with E-state index in [1.165, 1.54) is 42.5 Å². The smallest absolute Gasteiger partial charge is 0.330 e. The molecule has 2 fully saturated rings. The highest BCUT2D eigenvalue weighted by molar-refractivity contribution is 5.87. The van der Waals surface area contributed by atoms with Crippen molar-refractivity contribution in [1.29, 1.82) is 0 Å². The first-order valence-corrected chi connectivity index (χ1v) is 13.9. The summed E-state index contributed by atoms with van der Waals surface area (Å²) in [6.45, 7) is -1.44. The maximum Gasteiger partial charge on any atom is 0.330 e. The van der Waals surface area contributed by atoms with Crippen LogP contribution < -0.4 is 0 Å². The van der Waals surface area contributed by atoms with Crippen molar-refractivity contribution in [3.63, 3.8) is 0 Å². The Kier molecular flexibility index (Phi) is 11.6. The van der Waals surface area contributed by atoms with Crippen molar-refractivity contribution in [3.8, 4) is 23.0 Å². The van der Waals surface area contributed by atoms with Gasteiger partial charge in [0, 0.05) is 6.08 Å². The van der Waals surface area contributed by atoms with Crippen LogP contribution in [0.1, 0.15) is 11.1 Å². The molecule has 0 aliphatic carbocycles. The molecule has 0 radical (unpaired) electrons. The maximum absolute atomic E-state index is 12.4. The molecule has 2 aliphatic rings. The average Bonchev–Trinajstić information content (AvgIpc) is 3.01. The van der Waals surface area contributed by atoms with Crippen LogP contribution in [-0.2, 0) is 34.9 Å². The van der Waals surface area contributed by atoms with E-state index in [1.807, 2.05) is 0 Å². The van der Waals surface area contributed by atoms with E-state index in [4.69, 9.17) is 23.7 Å². The molecule has 16 heteroatoms. The normalized spacial score (nSPS) is 32.0. The molecular weight excluding hydrogens is 604 g/mol. The van der Waals surface area contributed by atoms with E-state index in [-0.39, 0.29) is 30.3 Å². The van der Waals surface area contributed by atoms with Gasteiger partial charge >= 0.3 is 5.97 Å². The van der Waals surface area contributed by atoms with Gasteiger partial charge in [-0.25, -0.2) is 4.79 Å². The van der Waals surface area contributed by atoms with Crippen LogP contribution in [0.2, 0.25) is 0 Å². The third-order valence-electron chi connectivity index (χ3n) is 7.30. The summed E-state index contributed by atoms with van der Waals surface area (Å²) in [6.07, 6.45) is -13.9.